The fourth-order valence-corrected chi connectivity index (χ4v) is 10.2. The molecule has 1 heterocycles. The molecule has 1 aliphatic heterocycles. The summed E-state index contributed by atoms with van der Waals surface area (Å²) in [7, 11) is 1.54. The molecule has 1 aromatic rings. The van der Waals surface area contributed by atoms with E-state index in [1.54, 1.807) is 7.11 Å². The number of hydrogen-bond donors (Lipinski definition) is 0. The number of methoxy groups -OCH3 is 1. The van der Waals surface area contributed by atoms with Crippen LogP contribution in [0, 0.1) is 16.7 Å². The van der Waals surface area contributed by atoms with Crippen molar-refractivity contribution in [3.8, 4) is 0 Å². The second kappa shape index (κ2) is 10.9. The number of nitrogens with zero attached hydrogens (tertiary/aromatic N) is 1. The fourth-order valence-electron chi connectivity index (χ4n) is 5.82. The molecule has 1 saturated heterocycles. The van der Waals surface area contributed by atoms with Gasteiger partial charge in [-0.3, -0.25) is 0 Å². The van der Waals surface area contributed by atoms with Gasteiger partial charge < -0.3 is 0 Å². The molecule has 0 unspecified atom stereocenters. The van der Waals surface area contributed by atoms with Crippen LogP contribution in [-0.4, -0.2) is 77.6 Å². The third kappa shape index (κ3) is 5.07. The average molecular weight is 644 g/mol. The van der Waals surface area contributed by atoms with Crippen LogP contribution < -0.4 is 4.46 Å². The summed E-state index contributed by atoms with van der Waals surface area (Å²) in [5.74, 6) is -0.957. The van der Waals surface area contributed by atoms with Crippen molar-refractivity contribution in [3.63, 3.8) is 0 Å². The molecule has 2 saturated carbocycles. The average Bonchev–Trinajstić information content (AvgIpc) is 3.36. The molecule has 3 aliphatic rings. The summed E-state index contributed by atoms with van der Waals surface area (Å²) in [6.07, 6.45) is 1.10. The van der Waals surface area contributed by atoms with Crippen molar-refractivity contribution in [2.24, 2.45) is 16.7 Å². The number of esters is 1. The summed E-state index contributed by atoms with van der Waals surface area (Å²) >= 11 is 17.7. The molecule has 7 nitrogen and oxygen atoms in total. The monoisotopic (exact) mass is 643 g/mol. The van der Waals surface area contributed by atoms with Gasteiger partial charge in [0, 0.05) is 0 Å². The third-order valence-electron chi connectivity index (χ3n) is 7.71. The summed E-state index contributed by atoms with van der Waals surface area (Å²) < 4.78 is 15.7. The van der Waals surface area contributed by atoms with Gasteiger partial charge in [-0.15, -0.1) is 0 Å². The number of rotatable bonds is 8. The van der Waals surface area contributed by atoms with Gasteiger partial charge in [0.05, 0.1) is 0 Å². The van der Waals surface area contributed by atoms with Crippen LogP contribution in [0.25, 0.3) is 0 Å². The van der Waals surface area contributed by atoms with Gasteiger partial charge in [-0.1, -0.05) is 34.8 Å². The second-order valence-electron chi connectivity index (χ2n) is 9.64. The normalized spacial score (nSPS) is 31.2. The summed E-state index contributed by atoms with van der Waals surface area (Å²) in [5.41, 5.74) is -1.27. The van der Waals surface area contributed by atoms with Gasteiger partial charge in [-0.25, -0.2) is 0 Å². The zero-order valence-corrected chi connectivity index (χ0v) is 24.9. The number of halogens is 3. The van der Waals surface area contributed by atoms with E-state index in [1.165, 1.54) is 16.7 Å². The van der Waals surface area contributed by atoms with Crippen LogP contribution in [0.4, 0.5) is 4.79 Å². The number of fused-ring (bicyclic) bond motifs is 2. The molecule has 2 bridgehead atoms. The number of benzene rings is 1. The SMILES string of the molecule is CO[C@@H]1[C@@H]([Se]c2ccccc2)SC(=O)N1C(=O)[C@]12CC[C@H](C[C@H]1OCCOC(=O)C(Cl)(Cl)Cl)C2(C)C. The zero-order valence-electron chi connectivity index (χ0n) is 20.1. The van der Waals surface area contributed by atoms with Crippen LogP contribution in [0.1, 0.15) is 33.1 Å². The molecule has 12 heteroatoms. The van der Waals surface area contributed by atoms with Gasteiger partial charge in [0.15, 0.2) is 0 Å². The Morgan fingerprint density at radius 3 is 2.50 bits per heavy atom. The first-order valence-corrected chi connectivity index (χ1v) is 15.4. The van der Waals surface area contributed by atoms with Crippen LogP contribution in [0.2, 0.25) is 0 Å². The fraction of sp³-hybridized carbons (Fsp3) is 0.625. The predicted molar refractivity (Wildman–Crippen MR) is 141 cm³/mol. The van der Waals surface area contributed by atoms with E-state index in [2.05, 4.69) is 13.8 Å². The Morgan fingerprint density at radius 2 is 1.89 bits per heavy atom. The molecule has 0 N–H and O–H groups in total. The first-order valence-electron chi connectivity index (χ1n) is 11.6. The molecule has 2 aliphatic carbocycles. The maximum atomic E-state index is 14.3. The third-order valence-corrected chi connectivity index (χ3v) is 12.3. The Bertz CT molecular complexity index is 1010. The van der Waals surface area contributed by atoms with Gasteiger partial charge in [0.25, 0.3) is 0 Å². The summed E-state index contributed by atoms with van der Waals surface area (Å²) in [5, 5.41) is -0.287. The summed E-state index contributed by atoms with van der Waals surface area (Å²) in [4.78, 5) is 40.6. The van der Waals surface area contributed by atoms with Crippen molar-refractivity contribution in [1.82, 2.24) is 4.90 Å². The molecule has 3 fully saturated rings. The summed E-state index contributed by atoms with van der Waals surface area (Å²) in [6.45, 7) is 4.09. The first-order chi connectivity index (χ1) is 16.9. The molecule has 0 aromatic heterocycles. The molecule has 4 rings (SSSR count). The standard InChI is InChI=1S/C24H28Cl3NO6SSe/c1-22(2)14-9-10-23(22,16(13-14)33-11-12-34-20(30)24(25,26)27)19(29)28-17(32-3)18(35-21(28)31)36-15-7-5-4-6-8-15/h4-8,14,16-18H,9-13H2,1-3H3/t14-,16-,17-,18-,23+/m1/s1. The molecule has 198 valence electrons. The van der Waals surface area contributed by atoms with Crippen molar-refractivity contribution in [2.45, 2.75) is 53.4 Å². The molecule has 0 spiro atoms. The van der Waals surface area contributed by atoms with E-state index in [9.17, 15) is 14.4 Å². The number of imide groups is 1. The van der Waals surface area contributed by atoms with Crippen molar-refractivity contribution in [1.29, 1.82) is 0 Å². The molecule has 0 radical (unpaired) electrons. The van der Waals surface area contributed by atoms with Crippen LogP contribution in [-0.2, 0) is 23.8 Å². The first kappa shape index (κ1) is 28.5. The minimum atomic E-state index is -2.16. The molecular formula is C24H28Cl3NO6SSe. The van der Waals surface area contributed by atoms with E-state index in [4.69, 9.17) is 49.0 Å². The maximum absolute atomic E-state index is 14.3. The zero-order chi connectivity index (χ0) is 26.3. The Morgan fingerprint density at radius 1 is 1.19 bits per heavy atom. The number of alkyl halides is 3. The van der Waals surface area contributed by atoms with Gasteiger partial charge in [-0.05, 0) is 0 Å². The van der Waals surface area contributed by atoms with E-state index in [-0.39, 0.29) is 54.8 Å². The minimum absolute atomic E-state index is 0.0468. The van der Waals surface area contributed by atoms with Gasteiger partial charge >= 0.3 is 203 Å². The number of ether oxygens (including phenoxy) is 3. The Hall–Kier alpha value is -0.511. The van der Waals surface area contributed by atoms with E-state index < -0.39 is 27.5 Å². The number of hydrogen-bond acceptors (Lipinski definition) is 7. The Balaban J connectivity index is 1.51. The van der Waals surface area contributed by atoms with Crippen molar-refractivity contribution >= 4 is 83.1 Å². The Kier molecular flexibility index (Phi) is 8.65. The molecule has 2 amide bonds. The van der Waals surface area contributed by atoms with Crippen LogP contribution in [0.3, 0.4) is 0 Å². The van der Waals surface area contributed by atoms with E-state index >= 15 is 0 Å². The molecule has 5 atom stereocenters. The van der Waals surface area contributed by atoms with Gasteiger partial charge in [0.1, 0.15) is 0 Å². The second-order valence-corrected chi connectivity index (χ2v) is 16.2. The van der Waals surface area contributed by atoms with Crippen molar-refractivity contribution in [2.75, 3.05) is 20.3 Å². The number of carbonyl (C=O) groups excluding carboxylic acids is 3. The number of thioether (sulfide) groups is 1. The molecule has 36 heavy (non-hydrogen) atoms. The Labute approximate surface area is 236 Å². The van der Waals surface area contributed by atoms with Gasteiger partial charge in [-0.2, -0.15) is 0 Å². The van der Waals surface area contributed by atoms with Crippen molar-refractivity contribution in [3.05, 3.63) is 30.3 Å². The van der Waals surface area contributed by atoms with E-state index in [0.717, 1.165) is 10.9 Å². The topological polar surface area (TPSA) is 82.1 Å². The van der Waals surface area contributed by atoms with Crippen LogP contribution >= 0.6 is 46.6 Å². The molecular weight excluding hydrogens is 616 g/mol. The number of carbonyl (C=O) groups is 3. The number of amides is 2. The quantitative estimate of drug-likeness (QED) is 0.182. The predicted octanol–water partition coefficient (Wildman–Crippen LogP) is 4.14. The van der Waals surface area contributed by atoms with Gasteiger partial charge in [0.2, 0.25) is 0 Å². The summed E-state index contributed by atoms with van der Waals surface area (Å²) in [6, 6.07) is 9.94. The van der Waals surface area contributed by atoms with Crippen molar-refractivity contribution < 1.29 is 28.6 Å². The van der Waals surface area contributed by atoms with E-state index in [1.807, 2.05) is 30.3 Å². The van der Waals surface area contributed by atoms with Crippen LogP contribution in [0.5, 0.6) is 0 Å². The van der Waals surface area contributed by atoms with E-state index in [0.29, 0.717) is 12.8 Å². The van der Waals surface area contributed by atoms with Crippen LogP contribution in [0.15, 0.2) is 30.3 Å². The molecule has 1 aromatic carbocycles.